The van der Waals surface area contributed by atoms with Gasteiger partial charge in [0.1, 0.15) is 0 Å². The quantitative estimate of drug-likeness (QED) is 0.732. The van der Waals surface area contributed by atoms with Gasteiger partial charge in [-0.2, -0.15) is 0 Å². The number of piperidine rings is 1. The average molecular weight is 424 g/mol. The van der Waals surface area contributed by atoms with Crippen LogP contribution in [0.5, 0.6) is 0 Å². The van der Waals surface area contributed by atoms with Gasteiger partial charge in [0, 0.05) is 39.0 Å². The second kappa shape index (κ2) is 9.26. The highest BCUT2D eigenvalue weighted by Gasteiger charge is 2.25. The van der Waals surface area contributed by atoms with Crippen molar-refractivity contribution in [1.29, 1.82) is 0 Å². The third kappa shape index (κ3) is 5.36. The van der Waals surface area contributed by atoms with Gasteiger partial charge in [0.25, 0.3) is 0 Å². The van der Waals surface area contributed by atoms with Crippen molar-refractivity contribution in [3.8, 4) is 0 Å². The highest BCUT2D eigenvalue weighted by atomic mass is 32.2. The van der Waals surface area contributed by atoms with Crippen LogP contribution in [-0.4, -0.2) is 50.8 Å². The lowest BCUT2D eigenvalue weighted by Crippen LogP contribution is -2.46. The number of carbonyl (C=O) groups is 2. The highest BCUT2D eigenvalue weighted by Crippen LogP contribution is 2.29. The molecule has 2 rings (SSSR count). The first-order valence-electron chi connectivity index (χ1n) is 10.1. The average Bonchev–Trinajstić information content (AvgIpc) is 2.64. The molecule has 0 bridgehead atoms. The van der Waals surface area contributed by atoms with E-state index in [0.717, 1.165) is 40.7 Å². The first kappa shape index (κ1) is 23.3. The SMILES string of the molecule is CC(=O)NC1CCN(C(=O)CCNS(=O)(=O)c2c(C)c(C)c(C)c(C)c2C)CC1. The lowest BCUT2D eigenvalue weighted by Gasteiger charge is -2.32. The molecule has 1 aliphatic heterocycles. The number of hydrogen-bond acceptors (Lipinski definition) is 4. The summed E-state index contributed by atoms with van der Waals surface area (Å²) in [6.45, 7) is 12.2. The number of carbonyl (C=O) groups excluding carboxylic acids is 2. The van der Waals surface area contributed by atoms with Crippen molar-refractivity contribution in [3.05, 3.63) is 27.8 Å². The molecule has 0 spiro atoms. The lowest BCUT2D eigenvalue weighted by molar-refractivity contribution is -0.132. The maximum Gasteiger partial charge on any atom is 0.241 e. The molecule has 0 unspecified atom stereocenters. The van der Waals surface area contributed by atoms with E-state index in [-0.39, 0.29) is 30.8 Å². The standard InChI is InChI=1S/C21H33N3O4S/c1-13-14(2)16(4)21(17(5)15(13)3)29(27,28)22-10-7-20(26)24-11-8-19(9-12-24)23-18(6)25/h19,22H,7-12H2,1-6H3,(H,23,25). The molecular formula is C21H33N3O4S. The summed E-state index contributed by atoms with van der Waals surface area (Å²) in [7, 11) is -3.70. The zero-order valence-electron chi connectivity index (χ0n) is 18.3. The van der Waals surface area contributed by atoms with Crippen LogP contribution in [0.1, 0.15) is 54.0 Å². The third-order valence-electron chi connectivity index (χ3n) is 6.09. The molecule has 162 valence electrons. The van der Waals surface area contributed by atoms with Crippen molar-refractivity contribution in [2.24, 2.45) is 0 Å². The maximum atomic E-state index is 12.9. The molecule has 1 aliphatic rings. The van der Waals surface area contributed by atoms with Crippen molar-refractivity contribution in [3.63, 3.8) is 0 Å². The Bertz CT molecular complexity index is 872. The fourth-order valence-electron chi connectivity index (χ4n) is 3.95. The smallest absolute Gasteiger partial charge is 0.241 e. The molecule has 1 aromatic rings. The molecular weight excluding hydrogens is 390 g/mol. The molecule has 0 saturated carbocycles. The van der Waals surface area contributed by atoms with Crippen LogP contribution in [0.2, 0.25) is 0 Å². The van der Waals surface area contributed by atoms with E-state index in [1.54, 1.807) is 4.90 Å². The zero-order chi connectivity index (χ0) is 21.9. The van der Waals surface area contributed by atoms with E-state index in [1.807, 2.05) is 34.6 Å². The summed E-state index contributed by atoms with van der Waals surface area (Å²) in [4.78, 5) is 25.6. The van der Waals surface area contributed by atoms with Crippen molar-refractivity contribution < 1.29 is 18.0 Å². The number of likely N-dealkylation sites (tertiary alicyclic amines) is 1. The predicted octanol–water partition coefficient (Wildman–Crippen LogP) is 2.02. The predicted molar refractivity (Wildman–Crippen MR) is 113 cm³/mol. The number of amides is 2. The van der Waals surface area contributed by atoms with Gasteiger partial charge < -0.3 is 10.2 Å². The summed E-state index contributed by atoms with van der Waals surface area (Å²) in [5, 5.41) is 2.88. The first-order valence-corrected chi connectivity index (χ1v) is 11.6. The van der Waals surface area contributed by atoms with Gasteiger partial charge in [0.15, 0.2) is 0 Å². The summed E-state index contributed by atoms with van der Waals surface area (Å²) in [5.41, 5.74) is 4.57. The van der Waals surface area contributed by atoms with E-state index in [0.29, 0.717) is 18.0 Å². The molecule has 0 aromatic heterocycles. The maximum absolute atomic E-state index is 12.9. The second-order valence-corrected chi connectivity index (χ2v) is 9.66. The number of sulfonamides is 1. The van der Waals surface area contributed by atoms with Gasteiger partial charge >= 0.3 is 0 Å². The Morgan fingerprint density at radius 3 is 1.90 bits per heavy atom. The normalized spacial score (nSPS) is 15.4. The van der Waals surface area contributed by atoms with E-state index < -0.39 is 10.0 Å². The van der Waals surface area contributed by atoms with Crippen molar-refractivity contribution >= 4 is 21.8 Å². The molecule has 7 nitrogen and oxygen atoms in total. The Morgan fingerprint density at radius 2 is 1.41 bits per heavy atom. The molecule has 0 aliphatic carbocycles. The van der Waals surface area contributed by atoms with Crippen molar-refractivity contribution in [1.82, 2.24) is 14.9 Å². The van der Waals surface area contributed by atoms with Gasteiger partial charge in [-0.1, -0.05) is 0 Å². The molecule has 8 heteroatoms. The van der Waals surface area contributed by atoms with Crippen molar-refractivity contribution in [2.75, 3.05) is 19.6 Å². The van der Waals surface area contributed by atoms with Crippen LogP contribution < -0.4 is 10.0 Å². The molecule has 29 heavy (non-hydrogen) atoms. The summed E-state index contributed by atoms with van der Waals surface area (Å²) in [6.07, 6.45) is 1.56. The van der Waals surface area contributed by atoms with Gasteiger partial charge in [-0.05, 0) is 75.3 Å². The molecule has 1 fully saturated rings. The number of hydrogen-bond donors (Lipinski definition) is 2. The summed E-state index contributed by atoms with van der Waals surface area (Å²) in [5.74, 6) is -0.130. The summed E-state index contributed by atoms with van der Waals surface area (Å²) in [6, 6.07) is 0.106. The van der Waals surface area contributed by atoms with Crippen LogP contribution >= 0.6 is 0 Å². The Morgan fingerprint density at radius 1 is 0.931 bits per heavy atom. The van der Waals surface area contributed by atoms with E-state index in [2.05, 4.69) is 10.0 Å². The minimum atomic E-state index is -3.70. The van der Waals surface area contributed by atoms with E-state index in [4.69, 9.17) is 0 Å². The lowest BCUT2D eigenvalue weighted by atomic mass is 9.95. The molecule has 2 amide bonds. The van der Waals surface area contributed by atoms with E-state index in [1.165, 1.54) is 6.92 Å². The van der Waals surface area contributed by atoms with Crippen LogP contribution in [-0.2, 0) is 19.6 Å². The van der Waals surface area contributed by atoms with Gasteiger partial charge in [0.05, 0.1) is 4.90 Å². The molecule has 1 heterocycles. The Labute approximate surface area is 174 Å². The van der Waals surface area contributed by atoms with Crippen LogP contribution in [0.3, 0.4) is 0 Å². The highest BCUT2D eigenvalue weighted by molar-refractivity contribution is 7.89. The van der Waals surface area contributed by atoms with E-state index in [9.17, 15) is 18.0 Å². The fourth-order valence-corrected chi connectivity index (χ4v) is 5.58. The Kier molecular flexibility index (Phi) is 7.45. The van der Waals surface area contributed by atoms with Crippen LogP contribution in [0.4, 0.5) is 0 Å². The minimum absolute atomic E-state index is 0.0589. The van der Waals surface area contributed by atoms with Gasteiger partial charge in [-0.15, -0.1) is 0 Å². The Balaban J connectivity index is 1.97. The van der Waals surface area contributed by atoms with Gasteiger partial charge in [0.2, 0.25) is 21.8 Å². The number of nitrogens with one attached hydrogen (secondary N) is 2. The van der Waals surface area contributed by atoms with Crippen LogP contribution in [0.25, 0.3) is 0 Å². The minimum Gasteiger partial charge on any atom is -0.353 e. The topological polar surface area (TPSA) is 95.6 Å². The van der Waals surface area contributed by atoms with E-state index >= 15 is 0 Å². The number of nitrogens with zero attached hydrogens (tertiary/aromatic N) is 1. The van der Waals surface area contributed by atoms with Gasteiger partial charge in [-0.3, -0.25) is 9.59 Å². The number of rotatable bonds is 6. The Hall–Kier alpha value is -1.93. The largest absolute Gasteiger partial charge is 0.353 e. The first-order chi connectivity index (χ1) is 13.5. The fraction of sp³-hybridized carbons (Fsp3) is 0.619. The summed E-state index contributed by atoms with van der Waals surface area (Å²) >= 11 is 0. The molecule has 0 radical (unpaired) electrons. The monoisotopic (exact) mass is 423 g/mol. The molecule has 0 atom stereocenters. The van der Waals surface area contributed by atoms with Crippen LogP contribution in [0, 0.1) is 34.6 Å². The summed E-state index contributed by atoms with van der Waals surface area (Å²) < 4.78 is 28.4. The molecule has 1 aromatic carbocycles. The van der Waals surface area contributed by atoms with Crippen molar-refractivity contribution in [2.45, 2.75) is 71.7 Å². The van der Waals surface area contributed by atoms with Gasteiger partial charge in [-0.25, -0.2) is 13.1 Å². The third-order valence-corrected chi connectivity index (χ3v) is 7.82. The molecule has 1 saturated heterocycles. The van der Waals surface area contributed by atoms with Crippen LogP contribution in [0.15, 0.2) is 4.90 Å². The zero-order valence-corrected chi connectivity index (χ0v) is 19.1. The molecule has 2 N–H and O–H groups in total. The second-order valence-electron chi connectivity index (χ2n) is 7.96. The number of benzene rings is 1.